The molecule has 1 aromatic carbocycles. The topological polar surface area (TPSA) is 84.2 Å². The molecule has 0 aliphatic heterocycles. The van der Waals surface area contributed by atoms with Crippen LogP contribution in [0.2, 0.25) is 0 Å². The monoisotopic (exact) mass is 295 g/mol. The minimum Gasteiger partial charge on any atom is -0.508 e. The number of phenols is 1. The summed E-state index contributed by atoms with van der Waals surface area (Å²) in [7, 11) is -1.90. The molecule has 6 nitrogen and oxygen atoms in total. The van der Waals surface area contributed by atoms with Gasteiger partial charge in [0.15, 0.2) is 0 Å². The number of aryl methyl sites for hydroxylation is 2. The zero-order valence-corrected chi connectivity index (χ0v) is 12.4. The molecule has 0 radical (unpaired) electrons. The minimum atomic E-state index is -3.60. The normalized spacial score (nSPS) is 11.8. The van der Waals surface area contributed by atoms with Crippen molar-refractivity contribution in [1.29, 1.82) is 0 Å². The summed E-state index contributed by atoms with van der Waals surface area (Å²) in [5.41, 5.74) is 1.84. The van der Waals surface area contributed by atoms with Crippen LogP contribution in [-0.2, 0) is 23.6 Å². The van der Waals surface area contributed by atoms with E-state index < -0.39 is 10.0 Å². The molecule has 0 amide bonds. The molecule has 0 unspecified atom stereocenters. The number of aromatic hydroxyl groups is 1. The van der Waals surface area contributed by atoms with E-state index in [9.17, 15) is 13.5 Å². The summed E-state index contributed by atoms with van der Waals surface area (Å²) in [5, 5.41) is 13.3. The molecule has 0 spiro atoms. The minimum absolute atomic E-state index is 0.149. The van der Waals surface area contributed by atoms with Gasteiger partial charge in [0.1, 0.15) is 10.6 Å². The van der Waals surface area contributed by atoms with Crippen molar-refractivity contribution in [2.24, 2.45) is 7.05 Å². The predicted molar refractivity (Wildman–Crippen MR) is 74.8 cm³/mol. The molecule has 7 heteroatoms. The zero-order chi connectivity index (χ0) is 14.9. The fraction of sp³-hybridized carbons (Fsp3) is 0.308. The zero-order valence-electron chi connectivity index (χ0n) is 11.6. The van der Waals surface area contributed by atoms with Crippen LogP contribution in [0.5, 0.6) is 5.75 Å². The van der Waals surface area contributed by atoms with Crippen molar-refractivity contribution in [2.75, 3.05) is 0 Å². The Balaban J connectivity index is 2.21. The lowest BCUT2D eigenvalue weighted by atomic mass is 10.2. The van der Waals surface area contributed by atoms with Gasteiger partial charge in [0.05, 0.1) is 11.4 Å². The van der Waals surface area contributed by atoms with Gasteiger partial charge in [0.25, 0.3) is 0 Å². The molecule has 20 heavy (non-hydrogen) atoms. The average molecular weight is 295 g/mol. The Morgan fingerprint density at radius 2 is 1.85 bits per heavy atom. The van der Waals surface area contributed by atoms with Crippen LogP contribution in [0, 0.1) is 13.8 Å². The molecule has 2 N–H and O–H groups in total. The SMILES string of the molecule is Cc1nn(C)c(C)c1S(=O)(=O)NCc1ccc(O)cc1. The van der Waals surface area contributed by atoms with Crippen molar-refractivity contribution < 1.29 is 13.5 Å². The van der Waals surface area contributed by atoms with Crippen molar-refractivity contribution in [1.82, 2.24) is 14.5 Å². The fourth-order valence-electron chi connectivity index (χ4n) is 2.01. The first kappa shape index (κ1) is 14.5. The fourth-order valence-corrected chi connectivity index (χ4v) is 3.46. The van der Waals surface area contributed by atoms with Crippen molar-refractivity contribution in [3.63, 3.8) is 0 Å². The largest absolute Gasteiger partial charge is 0.508 e. The van der Waals surface area contributed by atoms with Crippen LogP contribution in [0.3, 0.4) is 0 Å². The van der Waals surface area contributed by atoms with Crippen LogP contribution in [0.25, 0.3) is 0 Å². The Bertz CT molecular complexity index is 718. The lowest BCUT2D eigenvalue weighted by Gasteiger charge is -2.07. The van der Waals surface area contributed by atoms with Gasteiger partial charge in [-0.3, -0.25) is 4.68 Å². The molecule has 108 valence electrons. The van der Waals surface area contributed by atoms with Gasteiger partial charge in [0, 0.05) is 13.6 Å². The molecule has 1 heterocycles. The van der Waals surface area contributed by atoms with Gasteiger partial charge in [-0.25, -0.2) is 13.1 Å². The second kappa shape index (κ2) is 5.26. The summed E-state index contributed by atoms with van der Waals surface area (Å²) in [5.74, 6) is 0.149. The van der Waals surface area contributed by atoms with E-state index in [1.54, 1.807) is 37.7 Å². The number of hydrogen-bond donors (Lipinski definition) is 2. The third-order valence-corrected chi connectivity index (χ3v) is 4.77. The second-order valence-corrected chi connectivity index (χ2v) is 6.32. The highest BCUT2D eigenvalue weighted by Gasteiger charge is 2.23. The maximum atomic E-state index is 12.3. The number of aromatic nitrogens is 2. The summed E-state index contributed by atoms with van der Waals surface area (Å²) in [4.78, 5) is 0.221. The summed E-state index contributed by atoms with van der Waals surface area (Å²) < 4.78 is 28.7. The van der Waals surface area contributed by atoms with E-state index >= 15 is 0 Å². The number of rotatable bonds is 4. The summed E-state index contributed by atoms with van der Waals surface area (Å²) in [6, 6.07) is 6.37. The van der Waals surface area contributed by atoms with Crippen molar-refractivity contribution >= 4 is 10.0 Å². The molecule has 0 saturated carbocycles. The van der Waals surface area contributed by atoms with Gasteiger partial charge in [-0.05, 0) is 31.5 Å². The second-order valence-electron chi connectivity index (χ2n) is 4.61. The number of benzene rings is 1. The van der Waals surface area contributed by atoms with E-state index in [4.69, 9.17) is 0 Å². The lowest BCUT2D eigenvalue weighted by molar-refractivity contribution is 0.475. The van der Waals surface area contributed by atoms with Gasteiger partial charge >= 0.3 is 0 Å². The van der Waals surface area contributed by atoms with Crippen LogP contribution in [0.15, 0.2) is 29.2 Å². The van der Waals surface area contributed by atoms with E-state index in [2.05, 4.69) is 9.82 Å². The molecule has 0 atom stereocenters. The van der Waals surface area contributed by atoms with Crippen LogP contribution in [0.1, 0.15) is 17.0 Å². The highest BCUT2D eigenvalue weighted by atomic mass is 32.2. The molecule has 2 rings (SSSR count). The highest BCUT2D eigenvalue weighted by molar-refractivity contribution is 7.89. The van der Waals surface area contributed by atoms with Gasteiger partial charge in [0.2, 0.25) is 10.0 Å². The number of hydrogen-bond acceptors (Lipinski definition) is 4. The Labute approximate surface area is 118 Å². The average Bonchev–Trinajstić information content (AvgIpc) is 2.63. The maximum absolute atomic E-state index is 12.3. The molecular weight excluding hydrogens is 278 g/mol. The molecule has 0 saturated heterocycles. The molecule has 0 bridgehead atoms. The molecule has 1 aromatic heterocycles. The first-order chi connectivity index (χ1) is 9.31. The molecule has 0 aliphatic carbocycles. The van der Waals surface area contributed by atoms with Crippen LogP contribution >= 0.6 is 0 Å². The number of nitrogens with one attached hydrogen (secondary N) is 1. The maximum Gasteiger partial charge on any atom is 0.244 e. The van der Waals surface area contributed by atoms with Gasteiger partial charge in [-0.1, -0.05) is 12.1 Å². The Morgan fingerprint density at radius 1 is 1.25 bits per heavy atom. The van der Waals surface area contributed by atoms with Crippen molar-refractivity contribution in [2.45, 2.75) is 25.3 Å². The molecule has 2 aromatic rings. The summed E-state index contributed by atoms with van der Waals surface area (Å²) in [6.07, 6.45) is 0. The van der Waals surface area contributed by atoms with E-state index in [1.165, 1.54) is 12.1 Å². The van der Waals surface area contributed by atoms with E-state index in [1.807, 2.05) is 0 Å². The third kappa shape index (κ3) is 2.83. The Hall–Kier alpha value is -1.86. The van der Waals surface area contributed by atoms with Crippen LogP contribution in [-0.4, -0.2) is 23.3 Å². The quantitative estimate of drug-likeness (QED) is 0.888. The van der Waals surface area contributed by atoms with Crippen molar-refractivity contribution in [3.05, 3.63) is 41.2 Å². The van der Waals surface area contributed by atoms with Gasteiger partial charge in [-0.2, -0.15) is 5.10 Å². The summed E-state index contributed by atoms with van der Waals surface area (Å²) in [6.45, 7) is 3.55. The van der Waals surface area contributed by atoms with Crippen LogP contribution in [0.4, 0.5) is 0 Å². The highest BCUT2D eigenvalue weighted by Crippen LogP contribution is 2.19. The molecule has 0 aliphatic rings. The first-order valence-electron chi connectivity index (χ1n) is 6.09. The number of nitrogens with zero attached hydrogens (tertiary/aromatic N) is 2. The van der Waals surface area contributed by atoms with E-state index in [0.29, 0.717) is 11.4 Å². The van der Waals surface area contributed by atoms with Gasteiger partial charge < -0.3 is 5.11 Å². The smallest absolute Gasteiger partial charge is 0.244 e. The van der Waals surface area contributed by atoms with Crippen LogP contribution < -0.4 is 4.72 Å². The Kier molecular flexibility index (Phi) is 3.82. The third-order valence-electron chi connectivity index (χ3n) is 3.11. The summed E-state index contributed by atoms with van der Waals surface area (Å²) >= 11 is 0. The standard InChI is InChI=1S/C13H17N3O3S/c1-9-13(10(2)16(3)15-9)20(18,19)14-8-11-4-6-12(17)7-5-11/h4-7,14,17H,8H2,1-3H3. The van der Waals surface area contributed by atoms with E-state index in [0.717, 1.165) is 5.56 Å². The molecular formula is C13H17N3O3S. The number of sulfonamides is 1. The van der Waals surface area contributed by atoms with Gasteiger partial charge in [-0.15, -0.1) is 0 Å². The molecule has 0 fully saturated rings. The predicted octanol–water partition coefficient (Wildman–Crippen LogP) is 1.22. The Morgan fingerprint density at radius 3 is 2.35 bits per heavy atom. The first-order valence-corrected chi connectivity index (χ1v) is 7.57. The lowest BCUT2D eigenvalue weighted by Crippen LogP contribution is -2.24. The number of phenolic OH excluding ortho intramolecular Hbond substituents is 1. The van der Waals surface area contributed by atoms with E-state index in [-0.39, 0.29) is 17.2 Å². The van der Waals surface area contributed by atoms with Crippen molar-refractivity contribution in [3.8, 4) is 5.75 Å².